The molecule has 1 saturated heterocycles. The summed E-state index contributed by atoms with van der Waals surface area (Å²) in [4.78, 5) is 4.76. The Labute approximate surface area is 122 Å². The van der Waals surface area contributed by atoms with Gasteiger partial charge in [0, 0.05) is 45.0 Å². The minimum atomic E-state index is -0.610. The molecule has 112 valence electrons. The molecular weight excluding hydrogens is 250 g/mol. The largest absolute Gasteiger partial charge is 0.389 e. The average Bonchev–Trinajstić information content (AvgIpc) is 2.38. The molecule has 0 radical (unpaired) electrons. The molecule has 1 fully saturated rings. The first-order valence-corrected chi connectivity index (χ1v) is 7.38. The maximum absolute atomic E-state index is 9.89. The SMILES string of the molecule is Cc1cc(CN)ccc1N1CCN(CC(C)(C)O)CC1. The number of hydrogen-bond donors (Lipinski definition) is 2. The quantitative estimate of drug-likeness (QED) is 0.872. The van der Waals surface area contributed by atoms with Crippen LogP contribution in [0.2, 0.25) is 0 Å². The predicted molar refractivity (Wildman–Crippen MR) is 84.0 cm³/mol. The summed E-state index contributed by atoms with van der Waals surface area (Å²) in [5, 5.41) is 9.89. The first-order valence-electron chi connectivity index (χ1n) is 7.38. The number of benzene rings is 1. The third-order valence-electron chi connectivity index (χ3n) is 3.82. The van der Waals surface area contributed by atoms with Crippen molar-refractivity contribution in [1.29, 1.82) is 0 Å². The summed E-state index contributed by atoms with van der Waals surface area (Å²) in [6.07, 6.45) is 0. The number of rotatable bonds is 4. The van der Waals surface area contributed by atoms with Crippen LogP contribution in [0, 0.1) is 6.92 Å². The van der Waals surface area contributed by atoms with Crippen LogP contribution in [0.15, 0.2) is 18.2 Å². The number of nitrogens with zero attached hydrogens (tertiary/aromatic N) is 2. The molecule has 1 aromatic rings. The zero-order valence-corrected chi connectivity index (χ0v) is 12.9. The van der Waals surface area contributed by atoms with Crippen molar-refractivity contribution in [2.75, 3.05) is 37.6 Å². The van der Waals surface area contributed by atoms with Gasteiger partial charge in [-0.15, -0.1) is 0 Å². The fourth-order valence-electron chi connectivity index (χ4n) is 2.89. The Balaban J connectivity index is 1.97. The molecule has 0 amide bonds. The smallest absolute Gasteiger partial charge is 0.0718 e. The lowest BCUT2D eigenvalue weighted by molar-refractivity contribution is 0.0345. The molecule has 20 heavy (non-hydrogen) atoms. The van der Waals surface area contributed by atoms with Gasteiger partial charge >= 0.3 is 0 Å². The normalized spacial score (nSPS) is 17.6. The van der Waals surface area contributed by atoms with Gasteiger partial charge in [0.05, 0.1) is 5.60 Å². The van der Waals surface area contributed by atoms with Gasteiger partial charge in [0.1, 0.15) is 0 Å². The average molecular weight is 277 g/mol. The molecular formula is C16H27N3O. The number of piperazine rings is 1. The zero-order valence-electron chi connectivity index (χ0n) is 12.9. The number of aliphatic hydroxyl groups is 1. The van der Waals surface area contributed by atoms with E-state index in [1.807, 2.05) is 13.8 Å². The van der Waals surface area contributed by atoms with Gasteiger partial charge in [-0.2, -0.15) is 0 Å². The van der Waals surface area contributed by atoms with Gasteiger partial charge in [-0.25, -0.2) is 0 Å². The fourth-order valence-corrected chi connectivity index (χ4v) is 2.89. The summed E-state index contributed by atoms with van der Waals surface area (Å²) in [7, 11) is 0. The third-order valence-corrected chi connectivity index (χ3v) is 3.82. The van der Waals surface area contributed by atoms with E-state index in [4.69, 9.17) is 5.73 Å². The Kier molecular flexibility index (Phi) is 4.68. The van der Waals surface area contributed by atoms with E-state index in [1.54, 1.807) is 0 Å². The Hall–Kier alpha value is -1.10. The van der Waals surface area contributed by atoms with E-state index < -0.39 is 5.60 Å². The lowest BCUT2D eigenvalue weighted by atomic mass is 10.1. The van der Waals surface area contributed by atoms with Crippen molar-refractivity contribution < 1.29 is 5.11 Å². The molecule has 1 heterocycles. The van der Waals surface area contributed by atoms with Crippen molar-refractivity contribution in [3.05, 3.63) is 29.3 Å². The van der Waals surface area contributed by atoms with E-state index in [9.17, 15) is 5.11 Å². The van der Waals surface area contributed by atoms with Crippen molar-refractivity contribution in [1.82, 2.24) is 4.90 Å². The maximum Gasteiger partial charge on any atom is 0.0718 e. The molecule has 1 aliphatic heterocycles. The lowest BCUT2D eigenvalue weighted by Crippen LogP contribution is -2.50. The van der Waals surface area contributed by atoms with E-state index >= 15 is 0 Å². The summed E-state index contributed by atoms with van der Waals surface area (Å²) in [6, 6.07) is 6.48. The van der Waals surface area contributed by atoms with E-state index in [0.29, 0.717) is 6.54 Å². The van der Waals surface area contributed by atoms with Gasteiger partial charge in [0.15, 0.2) is 0 Å². The zero-order chi connectivity index (χ0) is 14.8. The lowest BCUT2D eigenvalue weighted by Gasteiger charge is -2.39. The summed E-state index contributed by atoms with van der Waals surface area (Å²) >= 11 is 0. The third kappa shape index (κ3) is 3.95. The molecule has 1 aromatic carbocycles. The second-order valence-corrected chi connectivity index (χ2v) is 6.40. The molecule has 0 bridgehead atoms. The standard InChI is InChI=1S/C16H27N3O/c1-13-10-14(11-17)4-5-15(13)19-8-6-18(7-9-19)12-16(2,3)20/h4-5,10,20H,6-9,11-12,17H2,1-3H3. The molecule has 2 rings (SSSR count). The predicted octanol–water partition coefficient (Wildman–Crippen LogP) is 1.35. The Morgan fingerprint density at radius 2 is 1.85 bits per heavy atom. The molecule has 0 aliphatic carbocycles. The molecule has 3 N–H and O–H groups in total. The van der Waals surface area contributed by atoms with Crippen LogP contribution in [-0.4, -0.2) is 48.3 Å². The molecule has 0 aromatic heterocycles. The monoisotopic (exact) mass is 277 g/mol. The Morgan fingerprint density at radius 1 is 1.20 bits per heavy atom. The minimum Gasteiger partial charge on any atom is -0.389 e. The van der Waals surface area contributed by atoms with Crippen molar-refractivity contribution in [2.24, 2.45) is 5.73 Å². The highest BCUT2D eigenvalue weighted by Gasteiger charge is 2.23. The molecule has 0 spiro atoms. The van der Waals surface area contributed by atoms with Gasteiger partial charge < -0.3 is 15.7 Å². The highest BCUT2D eigenvalue weighted by Crippen LogP contribution is 2.23. The molecule has 4 heteroatoms. The summed E-state index contributed by atoms with van der Waals surface area (Å²) in [5.41, 5.74) is 8.86. The van der Waals surface area contributed by atoms with Gasteiger partial charge in [-0.1, -0.05) is 12.1 Å². The number of anilines is 1. The van der Waals surface area contributed by atoms with Gasteiger partial charge in [0.2, 0.25) is 0 Å². The minimum absolute atomic E-state index is 0.598. The highest BCUT2D eigenvalue weighted by molar-refractivity contribution is 5.54. The van der Waals surface area contributed by atoms with Crippen LogP contribution in [0.1, 0.15) is 25.0 Å². The van der Waals surface area contributed by atoms with Crippen molar-refractivity contribution in [3.63, 3.8) is 0 Å². The number of nitrogens with two attached hydrogens (primary N) is 1. The van der Waals surface area contributed by atoms with Crippen LogP contribution in [-0.2, 0) is 6.54 Å². The Morgan fingerprint density at radius 3 is 2.35 bits per heavy atom. The van der Waals surface area contributed by atoms with E-state index in [2.05, 4.69) is 34.9 Å². The van der Waals surface area contributed by atoms with Crippen LogP contribution in [0.3, 0.4) is 0 Å². The van der Waals surface area contributed by atoms with Crippen molar-refractivity contribution >= 4 is 5.69 Å². The van der Waals surface area contributed by atoms with Crippen LogP contribution in [0.5, 0.6) is 0 Å². The first-order chi connectivity index (χ1) is 9.39. The summed E-state index contributed by atoms with van der Waals surface area (Å²) in [5.74, 6) is 0. The van der Waals surface area contributed by atoms with Crippen molar-refractivity contribution in [3.8, 4) is 0 Å². The molecule has 0 saturated carbocycles. The second-order valence-electron chi connectivity index (χ2n) is 6.40. The van der Waals surface area contributed by atoms with Gasteiger partial charge in [-0.05, 0) is 38.0 Å². The number of aryl methyl sites for hydroxylation is 1. The first kappa shape index (κ1) is 15.3. The number of hydrogen-bond acceptors (Lipinski definition) is 4. The fraction of sp³-hybridized carbons (Fsp3) is 0.625. The van der Waals surface area contributed by atoms with Crippen LogP contribution in [0.25, 0.3) is 0 Å². The van der Waals surface area contributed by atoms with Crippen molar-refractivity contribution in [2.45, 2.75) is 32.9 Å². The molecule has 0 unspecified atom stereocenters. The molecule has 1 aliphatic rings. The van der Waals surface area contributed by atoms with Crippen LogP contribution in [0.4, 0.5) is 5.69 Å². The van der Waals surface area contributed by atoms with Crippen LogP contribution >= 0.6 is 0 Å². The highest BCUT2D eigenvalue weighted by atomic mass is 16.3. The topological polar surface area (TPSA) is 52.7 Å². The maximum atomic E-state index is 9.89. The summed E-state index contributed by atoms with van der Waals surface area (Å²) in [6.45, 7) is 11.3. The summed E-state index contributed by atoms with van der Waals surface area (Å²) < 4.78 is 0. The second kappa shape index (κ2) is 6.12. The van der Waals surface area contributed by atoms with Gasteiger partial charge in [-0.3, -0.25) is 4.90 Å². The van der Waals surface area contributed by atoms with E-state index in [1.165, 1.54) is 16.8 Å². The van der Waals surface area contributed by atoms with E-state index in [0.717, 1.165) is 32.7 Å². The van der Waals surface area contributed by atoms with E-state index in [-0.39, 0.29) is 0 Å². The Bertz CT molecular complexity index is 446. The van der Waals surface area contributed by atoms with Gasteiger partial charge in [0.25, 0.3) is 0 Å². The number of β-amino-alcohol motifs (C(OH)–C–C–N with tert-alkyl or cyclic N) is 1. The van der Waals surface area contributed by atoms with Crippen LogP contribution < -0.4 is 10.6 Å². The molecule has 0 atom stereocenters. The molecule has 4 nitrogen and oxygen atoms in total.